The maximum absolute atomic E-state index is 9.30. The number of nitrogens with zero attached hydrogens (tertiary/aromatic N) is 2. The molecule has 2 unspecified atom stereocenters. The van der Waals surface area contributed by atoms with Crippen molar-refractivity contribution in [1.82, 2.24) is 14.9 Å². The molecule has 0 aliphatic heterocycles. The molecule has 130 valence electrons. The van der Waals surface area contributed by atoms with E-state index in [0.717, 1.165) is 17.1 Å². The van der Waals surface area contributed by atoms with Crippen LogP contribution < -0.4 is 5.32 Å². The van der Waals surface area contributed by atoms with E-state index in [1.807, 2.05) is 31.5 Å². The molecule has 2 atom stereocenters. The van der Waals surface area contributed by atoms with Crippen molar-refractivity contribution >= 4 is 0 Å². The average molecular weight is 335 g/mol. The molecular weight excluding hydrogens is 310 g/mol. The molecule has 0 amide bonds. The third-order valence-electron chi connectivity index (χ3n) is 4.63. The van der Waals surface area contributed by atoms with Gasteiger partial charge >= 0.3 is 0 Å². The number of aliphatic hydroxyl groups excluding tert-OH is 1. The summed E-state index contributed by atoms with van der Waals surface area (Å²) in [6.45, 7) is 6.39. The fourth-order valence-corrected chi connectivity index (χ4v) is 3.10. The molecule has 0 radical (unpaired) electrons. The SMILES string of the molecule is Cc1nccn1-c1ccc(C(C)NC(C)c2cccc(CO)c2)cc1. The zero-order chi connectivity index (χ0) is 17.8. The molecule has 3 rings (SSSR count). The summed E-state index contributed by atoms with van der Waals surface area (Å²) in [5, 5.41) is 12.9. The molecular formula is C21H25N3O. The Bertz CT molecular complexity index is 823. The summed E-state index contributed by atoms with van der Waals surface area (Å²) < 4.78 is 2.07. The Balaban J connectivity index is 1.70. The van der Waals surface area contributed by atoms with E-state index in [1.54, 1.807) is 0 Å². The first-order valence-electron chi connectivity index (χ1n) is 8.64. The van der Waals surface area contributed by atoms with Gasteiger partial charge in [0.05, 0.1) is 6.61 Å². The van der Waals surface area contributed by atoms with Gasteiger partial charge in [-0.15, -0.1) is 0 Å². The average Bonchev–Trinajstić information content (AvgIpc) is 3.07. The van der Waals surface area contributed by atoms with E-state index >= 15 is 0 Å². The van der Waals surface area contributed by atoms with Crippen LogP contribution in [0.3, 0.4) is 0 Å². The highest BCUT2D eigenvalue weighted by Crippen LogP contribution is 2.21. The van der Waals surface area contributed by atoms with E-state index in [9.17, 15) is 5.11 Å². The Labute approximate surface area is 149 Å². The van der Waals surface area contributed by atoms with Gasteiger partial charge in [0.2, 0.25) is 0 Å². The lowest BCUT2D eigenvalue weighted by molar-refractivity contribution is 0.281. The quantitative estimate of drug-likeness (QED) is 0.713. The zero-order valence-electron chi connectivity index (χ0n) is 15.0. The first-order valence-corrected chi connectivity index (χ1v) is 8.64. The highest BCUT2D eigenvalue weighted by molar-refractivity contribution is 5.37. The van der Waals surface area contributed by atoms with Crippen LogP contribution in [0, 0.1) is 6.92 Å². The molecule has 0 aliphatic carbocycles. The highest BCUT2D eigenvalue weighted by Gasteiger charge is 2.12. The summed E-state index contributed by atoms with van der Waals surface area (Å²) in [6.07, 6.45) is 3.79. The largest absolute Gasteiger partial charge is 0.392 e. The molecule has 0 saturated heterocycles. The summed E-state index contributed by atoms with van der Waals surface area (Å²) in [5.74, 6) is 0.983. The van der Waals surface area contributed by atoms with Gasteiger partial charge in [-0.2, -0.15) is 0 Å². The molecule has 4 heteroatoms. The Morgan fingerprint density at radius 1 is 1.04 bits per heavy atom. The van der Waals surface area contributed by atoms with Gasteiger partial charge in [0, 0.05) is 30.2 Å². The number of imidazole rings is 1. The van der Waals surface area contributed by atoms with Gasteiger partial charge in [-0.25, -0.2) is 4.98 Å². The standard InChI is InChI=1S/C21H25N3O/c1-15(23-16(2)20-6-4-5-18(13-20)14-25)19-7-9-21(10-8-19)24-12-11-22-17(24)3/h4-13,15-16,23,25H,14H2,1-3H3. The Kier molecular flexibility index (Phi) is 5.31. The molecule has 0 spiro atoms. The Morgan fingerprint density at radius 2 is 1.76 bits per heavy atom. The molecule has 0 bridgehead atoms. The zero-order valence-corrected chi connectivity index (χ0v) is 15.0. The number of aryl methyl sites for hydroxylation is 1. The van der Waals surface area contributed by atoms with Crippen LogP contribution in [-0.2, 0) is 6.61 Å². The maximum atomic E-state index is 9.30. The van der Waals surface area contributed by atoms with Crippen molar-refractivity contribution in [3.05, 3.63) is 83.4 Å². The third-order valence-corrected chi connectivity index (χ3v) is 4.63. The van der Waals surface area contributed by atoms with Crippen LogP contribution in [0.1, 0.15) is 48.4 Å². The van der Waals surface area contributed by atoms with Crippen LogP contribution in [0.4, 0.5) is 0 Å². The molecule has 3 aromatic rings. The second-order valence-electron chi connectivity index (χ2n) is 6.45. The molecule has 2 aromatic carbocycles. The topological polar surface area (TPSA) is 50.1 Å². The van der Waals surface area contributed by atoms with Crippen molar-refractivity contribution in [2.75, 3.05) is 0 Å². The minimum Gasteiger partial charge on any atom is -0.392 e. The lowest BCUT2D eigenvalue weighted by Gasteiger charge is -2.21. The van der Waals surface area contributed by atoms with Crippen LogP contribution in [0.15, 0.2) is 60.9 Å². The summed E-state index contributed by atoms with van der Waals surface area (Å²) >= 11 is 0. The van der Waals surface area contributed by atoms with Gasteiger partial charge in [0.25, 0.3) is 0 Å². The number of hydrogen-bond donors (Lipinski definition) is 2. The number of aliphatic hydroxyl groups is 1. The van der Waals surface area contributed by atoms with Crippen molar-refractivity contribution in [3.63, 3.8) is 0 Å². The van der Waals surface area contributed by atoms with Gasteiger partial charge in [-0.05, 0) is 49.6 Å². The Hall–Kier alpha value is -2.43. The lowest BCUT2D eigenvalue weighted by Crippen LogP contribution is -2.22. The van der Waals surface area contributed by atoms with Crippen molar-refractivity contribution in [1.29, 1.82) is 0 Å². The van der Waals surface area contributed by atoms with Gasteiger partial charge in [0.1, 0.15) is 5.82 Å². The second-order valence-corrected chi connectivity index (χ2v) is 6.45. The molecule has 1 aromatic heterocycles. The van der Waals surface area contributed by atoms with Crippen LogP contribution in [0.2, 0.25) is 0 Å². The van der Waals surface area contributed by atoms with Gasteiger partial charge in [-0.1, -0.05) is 36.4 Å². The summed E-state index contributed by atoms with van der Waals surface area (Å²) in [7, 11) is 0. The van der Waals surface area contributed by atoms with E-state index in [0.29, 0.717) is 0 Å². The van der Waals surface area contributed by atoms with Crippen molar-refractivity contribution in [2.45, 2.75) is 39.5 Å². The van der Waals surface area contributed by atoms with E-state index in [1.165, 1.54) is 11.1 Å². The predicted octanol–water partition coefficient (Wildman–Crippen LogP) is 4.08. The third kappa shape index (κ3) is 3.98. The fraction of sp³-hybridized carbons (Fsp3) is 0.286. The van der Waals surface area contributed by atoms with E-state index in [-0.39, 0.29) is 18.7 Å². The summed E-state index contributed by atoms with van der Waals surface area (Å²) in [5.41, 5.74) is 4.49. The number of rotatable bonds is 6. The molecule has 0 fully saturated rings. The van der Waals surface area contributed by atoms with Crippen molar-refractivity contribution in [2.24, 2.45) is 0 Å². The first-order chi connectivity index (χ1) is 12.1. The first kappa shape index (κ1) is 17.4. The maximum Gasteiger partial charge on any atom is 0.110 e. The second kappa shape index (κ2) is 7.64. The van der Waals surface area contributed by atoms with E-state index in [4.69, 9.17) is 0 Å². The smallest absolute Gasteiger partial charge is 0.110 e. The summed E-state index contributed by atoms with van der Waals surface area (Å²) in [6, 6.07) is 17.1. The van der Waals surface area contributed by atoms with Crippen LogP contribution in [-0.4, -0.2) is 14.7 Å². The van der Waals surface area contributed by atoms with Gasteiger partial charge < -0.3 is 15.0 Å². The van der Waals surface area contributed by atoms with Crippen LogP contribution >= 0.6 is 0 Å². The number of hydrogen-bond acceptors (Lipinski definition) is 3. The van der Waals surface area contributed by atoms with Crippen molar-refractivity contribution < 1.29 is 5.11 Å². The molecule has 0 saturated carbocycles. The monoisotopic (exact) mass is 335 g/mol. The number of aromatic nitrogens is 2. The van der Waals surface area contributed by atoms with E-state index in [2.05, 4.69) is 65.1 Å². The highest BCUT2D eigenvalue weighted by atomic mass is 16.3. The molecule has 1 heterocycles. The van der Waals surface area contributed by atoms with Gasteiger partial charge in [-0.3, -0.25) is 0 Å². The molecule has 2 N–H and O–H groups in total. The van der Waals surface area contributed by atoms with Crippen LogP contribution in [0.25, 0.3) is 5.69 Å². The fourth-order valence-electron chi connectivity index (χ4n) is 3.10. The molecule has 25 heavy (non-hydrogen) atoms. The number of nitrogens with one attached hydrogen (secondary N) is 1. The predicted molar refractivity (Wildman–Crippen MR) is 101 cm³/mol. The van der Waals surface area contributed by atoms with E-state index < -0.39 is 0 Å². The number of benzene rings is 2. The minimum absolute atomic E-state index is 0.0746. The summed E-state index contributed by atoms with van der Waals surface area (Å²) in [4.78, 5) is 4.27. The molecule has 4 nitrogen and oxygen atoms in total. The minimum atomic E-state index is 0.0746. The van der Waals surface area contributed by atoms with Crippen molar-refractivity contribution in [3.8, 4) is 5.69 Å². The van der Waals surface area contributed by atoms with Gasteiger partial charge in [0.15, 0.2) is 0 Å². The molecule has 0 aliphatic rings. The lowest BCUT2D eigenvalue weighted by atomic mass is 10.0. The normalized spacial score (nSPS) is 13.6. The van der Waals surface area contributed by atoms with Crippen LogP contribution in [0.5, 0.6) is 0 Å². The Morgan fingerprint density at radius 3 is 2.40 bits per heavy atom.